The quantitative estimate of drug-likeness (QED) is 0.762. The van der Waals surface area contributed by atoms with Gasteiger partial charge in [-0.05, 0) is 37.3 Å². The molecule has 6 heteroatoms. The fourth-order valence-corrected chi connectivity index (χ4v) is 4.10. The van der Waals surface area contributed by atoms with E-state index in [1.54, 1.807) is 24.3 Å². The van der Waals surface area contributed by atoms with Crippen molar-refractivity contribution in [2.45, 2.75) is 38.0 Å². The number of aliphatic hydroxyl groups excluding tert-OH is 1. The Morgan fingerprint density at radius 1 is 1.33 bits per heavy atom. The van der Waals surface area contributed by atoms with E-state index in [0.29, 0.717) is 11.3 Å². The Morgan fingerprint density at radius 3 is 2.89 bits per heavy atom. The third-order valence-corrected chi connectivity index (χ3v) is 5.69. The standard InChI is InChI=1S/C21H28N4O2/c1-24-14-18(17-7-10-22-19(17)21(24)27)20(26)23-16-8-11-25(12-9-16)13-15-5-3-2-4-6-15/h3,5-7,10,14,16,21-22,27H,2,4,8-9,11-13H2,1H3,(H,23,26). The number of piperidine rings is 1. The molecule has 1 atom stereocenters. The second-order valence-corrected chi connectivity index (χ2v) is 7.67. The number of carbonyl (C=O) groups is 1. The Bertz CT molecular complexity index is 784. The summed E-state index contributed by atoms with van der Waals surface area (Å²) in [6.07, 6.45) is 13.8. The van der Waals surface area contributed by atoms with E-state index in [1.807, 2.05) is 6.07 Å². The summed E-state index contributed by atoms with van der Waals surface area (Å²) < 4.78 is 0. The highest BCUT2D eigenvalue weighted by Crippen LogP contribution is 2.31. The number of hydrogen-bond donors (Lipinski definition) is 3. The molecule has 0 aromatic carbocycles. The number of carbonyl (C=O) groups excluding carboxylic acids is 1. The van der Waals surface area contributed by atoms with Gasteiger partial charge in [0, 0.05) is 50.7 Å². The second-order valence-electron chi connectivity index (χ2n) is 7.67. The third-order valence-electron chi connectivity index (χ3n) is 5.69. The van der Waals surface area contributed by atoms with Crippen LogP contribution in [-0.4, -0.2) is 58.5 Å². The number of hydrogen-bond acceptors (Lipinski definition) is 4. The molecule has 4 rings (SSSR count). The van der Waals surface area contributed by atoms with E-state index in [2.05, 4.69) is 33.4 Å². The fraction of sp³-hybridized carbons (Fsp3) is 0.476. The number of rotatable bonds is 4. The van der Waals surface area contributed by atoms with Crippen LogP contribution in [0.3, 0.4) is 0 Å². The first-order valence-electron chi connectivity index (χ1n) is 9.80. The number of nitrogens with zero attached hydrogens (tertiary/aromatic N) is 2. The van der Waals surface area contributed by atoms with E-state index in [4.69, 9.17) is 0 Å². The van der Waals surface area contributed by atoms with Gasteiger partial charge in [0.05, 0.1) is 11.3 Å². The first-order valence-corrected chi connectivity index (χ1v) is 9.80. The molecule has 2 aliphatic heterocycles. The first kappa shape index (κ1) is 18.1. The molecular formula is C21H28N4O2. The topological polar surface area (TPSA) is 71.6 Å². The molecule has 1 aliphatic carbocycles. The summed E-state index contributed by atoms with van der Waals surface area (Å²) in [4.78, 5) is 20.0. The molecule has 1 fully saturated rings. The highest BCUT2D eigenvalue weighted by Gasteiger charge is 2.29. The summed E-state index contributed by atoms with van der Waals surface area (Å²) in [6, 6.07) is 2.05. The number of aliphatic hydroxyl groups is 1. The van der Waals surface area contributed by atoms with Gasteiger partial charge in [-0.3, -0.25) is 9.69 Å². The average molecular weight is 368 g/mol. The maximum absolute atomic E-state index is 12.8. The minimum Gasteiger partial charge on any atom is -0.368 e. The first-order chi connectivity index (χ1) is 13.1. The molecule has 0 saturated carbocycles. The normalized spacial score (nSPS) is 23.6. The molecule has 1 aromatic rings. The Morgan fingerprint density at radius 2 is 2.15 bits per heavy atom. The molecule has 1 aromatic heterocycles. The molecule has 144 valence electrons. The maximum atomic E-state index is 12.8. The lowest BCUT2D eigenvalue weighted by atomic mass is 9.99. The molecule has 3 N–H and O–H groups in total. The summed E-state index contributed by atoms with van der Waals surface area (Å²) in [5, 5.41) is 13.4. The molecule has 27 heavy (non-hydrogen) atoms. The number of fused-ring (bicyclic) bond motifs is 1. The predicted octanol–water partition coefficient (Wildman–Crippen LogP) is 2.15. The van der Waals surface area contributed by atoms with Crippen molar-refractivity contribution in [1.82, 2.24) is 20.1 Å². The lowest BCUT2D eigenvalue weighted by Crippen LogP contribution is -2.45. The van der Waals surface area contributed by atoms with Crippen LogP contribution in [-0.2, 0) is 4.79 Å². The van der Waals surface area contributed by atoms with Gasteiger partial charge < -0.3 is 20.3 Å². The predicted molar refractivity (Wildman–Crippen MR) is 106 cm³/mol. The molecule has 1 unspecified atom stereocenters. The van der Waals surface area contributed by atoms with Crippen molar-refractivity contribution in [1.29, 1.82) is 0 Å². The molecule has 0 spiro atoms. The average Bonchev–Trinajstić information content (AvgIpc) is 3.17. The summed E-state index contributed by atoms with van der Waals surface area (Å²) in [6.45, 7) is 3.02. The number of H-pyrrole nitrogens is 1. The molecule has 1 saturated heterocycles. The van der Waals surface area contributed by atoms with Crippen molar-refractivity contribution in [2.24, 2.45) is 0 Å². The van der Waals surface area contributed by atoms with Crippen molar-refractivity contribution in [3.8, 4) is 0 Å². The number of aromatic nitrogens is 1. The fourth-order valence-electron chi connectivity index (χ4n) is 4.10. The van der Waals surface area contributed by atoms with Gasteiger partial charge in [0.15, 0.2) is 6.23 Å². The molecule has 0 bridgehead atoms. The summed E-state index contributed by atoms with van der Waals surface area (Å²) in [5.41, 5.74) is 3.48. The van der Waals surface area contributed by atoms with Crippen molar-refractivity contribution >= 4 is 11.5 Å². The molecule has 3 aliphatic rings. The van der Waals surface area contributed by atoms with Gasteiger partial charge in [-0.2, -0.15) is 0 Å². The van der Waals surface area contributed by atoms with E-state index in [0.717, 1.165) is 50.9 Å². The van der Waals surface area contributed by atoms with Gasteiger partial charge in [0.25, 0.3) is 5.91 Å². The Kier molecular flexibility index (Phi) is 5.18. The minimum absolute atomic E-state index is 0.0639. The summed E-state index contributed by atoms with van der Waals surface area (Å²) in [7, 11) is 1.77. The number of likely N-dealkylation sites (tertiary alicyclic amines) is 1. The Labute approximate surface area is 160 Å². The smallest absolute Gasteiger partial charge is 0.253 e. The van der Waals surface area contributed by atoms with Crippen LogP contribution in [0.5, 0.6) is 0 Å². The van der Waals surface area contributed by atoms with Gasteiger partial charge in [0.1, 0.15) is 0 Å². The zero-order valence-electron chi connectivity index (χ0n) is 15.8. The van der Waals surface area contributed by atoms with Crippen LogP contribution in [0.2, 0.25) is 0 Å². The van der Waals surface area contributed by atoms with Crippen LogP contribution in [0.4, 0.5) is 0 Å². The van der Waals surface area contributed by atoms with Crippen molar-refractivity contribution in [3.05, 3.63) is 53.5 Å². The van der Waals surface area contributed by atoms with Gasteiger partial charge >= 0.3 is 0 Å². The van der Waals surface area contributed by atoms with Crippen molar-refractivity contribution in [3.63, 3.8) is 0 Å². The molecular weight excluding hydrogens is 340 g/mol. The SMILES string of the molecule is CN1C=C(C(=O)NC2CCN(CC3=CCCC=C3)CC2)c2cc[nH]c2C1O. The molecule has 1 amide bonds. The van der Waals surface area contributed by atoms with E-state index >= 15 is 0 Å². The number of allylic oxidation sites excluding steroid dienone is 2. The number of nitrogens with one attached hydrogen (secondary N) is 2. The second kappa shape index (κ2) is 7.74. The lowest BCUT2D eigenvalue weighted by Gasteiger charge is -2.33. The molecule has 6 nitrogen and oxygen atoms in total. The van der Waals surface area contributed by atoms with Crippen LogP contribution in [0.1, 0.15) is 43.2 Å². The van der Waals surface area contributed by atoms with E-state index in [9.17, 15) is 9.90 Å². The number of aromatic amines is 1. The van der Waals surface area contributed by atoms with Crippen molar-refractivity contribution in [2.75, 3.05) is 26.7 Å². The number of amides is 1. The third kappa shape index (κ3) is 3.87. The van der Waals surface area contributed by atoms with Crippen LogP contribution >= 0.6 is 0 Å². The highest BCUT2D eigenvalue weighted by molar-refractivity contribution is 6.20. The van der Waals surface area contributed by atoms with Crippen LogP contribution in [0.25, 0.3) is 5.57 Å². The van der Waals surface area contributed by atoms with Gasteiger partial charge in [0.2, 0.25) is 0 Å². The zero-order valence-corrected chi connectivity index (χ0v) is 15.8. The van der Waals surface area contributed by atoms with Crippen LogP contribution in [0.15, 0.2) is 42.3 Å². The van der Waals surface area contributed by atoms with Gasteiger partial charge in [-0.15, -0.1) is 0 Å². The molecule has 0 radical (unpaired) electrons. The minimum atomic E-state index is -0.738. The largest absolute Gasteiger partial charge is 0.368 e. The maximum Gasteiger partial charge on any atom is 0.253 e. The zero-order chi connectivity index (χ0) is 18.8. The summed E-state index contributed by atoms with van der Waals surface area (Å²) >= 11 is 0. The van der Waals surface area contributed by atoms with Crippen LogP contribution < -0.4 is 5.32 Å². The summed E-state index contributed by atoms with van der Waals surface area (Å²) in [5.74, 6) is -0.0639. The van der Waals surface area contributed by atoms with Crippen molar-refractivity contribution < 1.29 is 9.90 Å². The van der Waals surface area contributed by atoms with E-state index in [-0.39, 0.29) is 11.9 Å². The molecule has 3 heterocycles. The van der Waals surface area contributed by atoms with E-state index < -0.39 is 6.23 Å². The van der Waals surface area contributed by atoms with Crippen LogP contribution in [0, 0.1) is 0 Å². The highest BCUT2D eigenvalue weighted by atomic mass is 16.3. The van der Waals surface area contributed by atoms with Gasteiger partial charge in [-0.1, -0.05) is 18.2 Å². The van der Waals surface area contributed by atoms with E-state index in [1.165, 1.54) is 5.57 Å². The monoisotopic (exact) mass is 368 g/mol. The van der Waals surface area contributed by atoms with Gasteiger partial charge in [-0.25, -0.2) is 0 Å². The lowest BCUT2D eigenvalue weighted by molar-refractivity contribution is -0.116. The Balaban J connectivity index is 1.33. The Hall–Kier alpha value is -2.31.